The third-order valence-electron chi connectivity index (χ3n) is 2.92. The van der Waals surface area contributed by atoms with Crippen LogP contribution < -0.4 is 0 Å². The Kier molecular flexibility index (Phi) is 3.58. The second-order valence-corrected chi connectivity index (χ2v) is 4.96. The SMILES string of the molecule is Cc1cc(-c2ccccc2)ncc1CC(C)C. The fourth-order valence-corrected chi connectivity index (χ4v) is 2.00. The molecule has 1 heterocycles. The summed E-state index contributed by atoms with van der Waals surface area (Å²) >= 11 is 0. The lowest BCUT2D eigenvalue weighted by Gasteiger charge is -2.10. The molecule has 0 N–H and O–H groups in total. The predicted octanol–water partition coefficient (Wildman–Crippen LogP) is 4.26. The zero-order chi connectivity index (χ0) is 12.3. The molecule has 0 saturated carbocycles. The van der Waals surface area contributed by atoms with E-state index in [1.807, 2.05) is 24.4 Å². The van der Waals surface area contributed by atoms with Crippen molar-refractivity contribution < 1.29 is 0 Å². The second kappa shape index (κ2) is 5.13. The minimum Gasteiger partial charge on any atom is -0.256 e. The molecule has 0 radical (unpaired) electrons. The number of hydrogen-bond acceptors (Lipinski definition) is 1. The number of aryl methyl sites for hydroxylation is 1. The van der Waals surface area contributed by atoms with E-state index >= 15 is 0 Å². The van der Waals surface area contributed by atoms with E-state index in [9.17, 15) is 0 Å². The quantitative estimate of drug-likeness (QED) is 0.760. The molecular weight excluding hydrogens is 206 g/mol. The molecule has 1 nitrogen and oxygen atoms in total. The van der Waals surface area contributed by atoms with Crippen molar-refractivity contribution >= 4 is 0 Å². The highest BCUT2D eigenvalue weighted by Crippen LogP contribution is 2.20. The lowest BCUT2D eigenvalue weighted by Crippen LogP contribution is -1.98. The van der Waals surface area contributed by atoms with Crippen molar-refractivity contribution in [2.45, 2.75) is 27.2 Å². The molecule has 0 spiro atoms. The van der Waals surface area contributed by atoms with Crippen LogP contribution in [0.5, 0.6) is 0 Å². The van der Waals surface area contributed by atoms with E-state index in [-0.39, 0.29) is 0 Å². The van der Waals surface area contributed by atoms with Crippen LogP contribution in [-0.2, 0) is 6.42 Å². The minimum absolute atomic E-state index is 0.679. The molecule has 0 saturated heterocycles. The summed E-state index contributed by atoms with van der Waals surface area (Å²) in [5, 5.41) is 0. The van der Waals surface area contributed by atoms with Crippen LogP contribution in [0.2, 0.25) is 0 Å². The molecule has 1 heteroatoms. The van der Waals surface area contributed by atoms with Gasteiger partial charge in [0.05, 0.1) is 5.69 Å². The second-order valence-electron chi connectivity index (χ2n) is 4.96. The van der Waals surface area contributed by atoms with Crippen molar-refractivity contribution in [3.8, 4) is 11.3 Å². The van der Waals surface area contributed by atoms with Crippen LogP contribution in [0.1, 0.15) is 25.0 Å². The van der Waals surface area contributed by atoms with Crippen molar-refractivity contribution in [1.82, 2.24) is 4.98 Å². The fraction of sp³-hybridized carbons (Fsp3) is 0.312. The summed E-state index contributed by atoms with van der Waals surface area (Å²) in [4.78, 5) is 4.56. The van der Waals surface area contributed by atoms with Gasteiger partial charge in [-0.1, -0.05) is 44.2 Å². The molecule has 88 valence electrons. The fourth-order valence-electron chi connectivity index (χ4n) is 2.00. The average molecular weight is 225 g/mol. The zero-order valence-electron chi connectivity index (χ0n) is 10.8. The van der Waals surface area contributed by atoms with Crippen molar-refractivity contribution in [3.05, 3.63) is 53.7 Å². The van der Waals surface area contributed by atoms with E-state index in [0.717, 1.165) is 12.1 Å². The molecule has 2 rings (SSSR count). The highest BCUT2D eigenvalue weighted by Gasteiger charge is 2.05. The van der Waals surface area contributed by atoms with Crippen LogP contribution in [0.25, 0.3) is 11.3 Å². The van der Waals surface area contributed by atoms with E-state index in [0.29, 0.717) is 5.92 Å². The van der Waals surface area contributed by atoms with Crippen LogP contribution in [0.4, 0.5) is 0 Å². The summed E-state index contributed by atoms with van der Waals surface area (Å²) < 4.78 is 0. The molecule has 0 aliphatic heterocycles. The molecule has 2 aromatic rings. The molecule has 1 aromatic heterocycles. The molecule has 0 amide bonds. The maximum absolute atomic E-state index is 4.56. The Bertz CT molecular complexity index is 486. The van der Waals surface area contributed by atoms with Gasteiger partial charge in [-0.05, 0) is 36.5 Å². The Morgan fingerprint density at radius 2 is 1.82 bits per heavy atom. The van der Waals surface area contributed by atoms with Crippen LogP contribution in [-0.4, -0.2) is 4.98 Å². The van der Waals surface area contributed by atoms with Gasteiger partial charge in [0, 0.05) is 11.8 Å². The van der Waals surface area contributed by atoms with Gasteiger partial charge in [-0.15, -0.1) is 0 Å². The van der Waals surface area contributed by atoms with E-state index in [2.05, 4.69) is 44.0 Å². The first-order chi connectivity index (χ1) is 8.16. The standard InChI is InChI=1S/C16H19N/c1-12(2)9-15-11-17-16(10-13(15)3)14-7-5-4-6-8-14/h4-8,10-12H,9H2,1-3H3. The summed E-state index contributed by atoms with van der Waals surface area (Å²) in [6.07, 6.45) is 3.13. The smallest absolute Gasteiger partial charge is 0.0704 e. The van der Waals surface area contributed by atoms with E-state index in [1.165, 1.54) is 16.7 Å². The van der Waals surface area contributed by atoms with Gasteiger partial charge in [0.1, 0.15) is 0 Å². The molecule has 17 heavy (non-hydrogen) atoms. The topological polar surface area (TPSA) is 12.9 Å². The largest absolute Gasteiger partial charge is 0.256 e. The van der Waals surface area contributed by atoms with Crippen LogP contribution in [0.3, 0.4) is 0 Å². The van der Waals surface area contributed by atoms with E-state index in [4.69, 9.17) is 0 Å². The Morgan fingerprint density at radius 3 is 2.41 bits per heavy atom. The number of rotatable bonds is 3. The van der Waals surface area contributed by atoms with Crippen molar-refractivity contribution in [2.24, 2.45) is 5.92 Å². The minimum atomic E-state index is 0.679. The first kappa shape index (κ1) is 11.8. The van der Waals surface area contributed by atoms with Crippen molar-refractivity contribution in [2.75, 3.05) is 0 Å². The number of hydrogen-bond donors (Lipinski definition) is 0. The van der Waals surface area contributed by atoms with Gasteiger partial charge in [-0.25, -0.2) is 0 Å². The normalized spacial score (nSPS) is 10.8. The Labute approximate surface area is 104 Å². The zero-order valence-corrected chi connectivity index (χ0v) is 10.8. The number of aromatic nitrogens is 1. The van der Waals surface area contributed by atoms with E-state index < -0.39 is 0 Å². The van der Waals surface area contributed by atoms with Gasteiger partial charge in [0.15, 0.2) is 0 Å². The summed E-state index contributed by atoms with van der Waals surface area (Å²) in [6.45, 7) is 6.65. The Hall–Kier alpha value is -1.63. The van der Waals surface area contributed by atoms with Crippen LogP contribution in [0, 0.1) is 12.8 Å². The third-order valence-corrected chi connectivity index (χ3v) is 2.92. The van der Waals surface area contributed by atoms with Gasteiger partial charge in [0.2, 0.25) is 0 Å². The van der Waals surface area contributed by atoms with E-state index in [1.54, 1.807) is 0 Å². The lowest BCUT2D eigenvalue weighted by molar-refractivity contribution is 0.643. The molecule has 0 fully saturated rings. The maximum atomic E-state index is 4.56. The van der Waals surface area contributed by atoms with Gasteiger partial charge >= 0.3 is 0 Å². The molecule has 0 bridgehead atoms. The third kappa shape index (κ3) is 2.94. The van der Waals surface area contributed by atoms with Gasteiger partial charge in [-0.2, -0.15) is 0 Å². The molecule has 1 aromatic carbocycles. The van der Waals surface area contributed by atoms with Crippen LogP contribution in [0.15, 0.2) is 42.6 Å². The molecule has 0 atom stereocenters. The summed E-state index contributed by atoms with van der Waals surface area (Å²) in [5.74, 6) is 0.679. The molecule has 0 aliphatic carbocycles. The average Bonchev–Trinajstić information content (AvgIpc) is 2.32. The molecular formula is C16H19N. The Morgan fingerprint density at radius 1 is 1.12 bits per heavy atom. The van der Waals surface area contributed by atoms with Gasteiger partial charge in [0.25, 0.3) is 0 Å². The van der Waals surface area contributed by atoms with Crippen molar-refractivity contribution in [1.29, 1.82) is 0 Å². The first-order valence-corrected chi connectivity index (χ1v) is 6.18. The monoisotopic (exact) mass is 225 g/mol. The summed E-state index contributed by atoms with van der Waals surface area (Å²) in [7, 11) is 0. The van der Waals surface area contributed by atoms with Gasteiger partial charge in [-0.3, -0.25) is 4.98 Å². The predicted molar refractivity (Wildman–Crippen MR) is 73.0 cm³/mol. The first-order valence-electron chi connectivity index (χ1n) is 6.18. The Balaban J connectivity index is 2.31. The number of nitrogens with zero attached hydrogens (tertiary/aromatic N) is 1. The highest BCUT2D eigenvalue weighted by molar-refractivity contribution is 5.59. The molecule has 0 unspecified atom stereocenters. The highest BCUT2D eigenvalue weighted by atomic mass is 14.7. The van der Waals surface area contributed by atoms with Gasteiger partial charge < -0.3 is 0 Å². The maximum Gasteiger partial charge on any atom is 0.0704 e. The van der Waals surface area contributed by atoms with Crippen molar-refractivity contribution in [3.63, 3.8) is 0 Å². The summed E-state index contributed by atoms with van der Waals surface area (Å²) in [5.41, 5.74) is 4.95. The van der Waals surface area contributed by atoms with Crippen LogP contribution >= 0.6 is 0 Å². The number of pyridine rings is 1. The molecule has 0 aliphatic rings. The summed E-state index contributed by atoms with van der Waals surface area (Å²) in [6, 6.07) is 12.5. The lowest BCUT2D eigenvalue weighted by atomic mass is 9.99. The number of benzene rings is 1.